The third-order valence-electron chi connectivity index (χ3n) is 7.60. The predicted molar refractivity (Wildman–Crippen MR) is 152 cm³/mol. The highest BCUT2D eigenvalue weighted by Gasteiger charge is 2.50. The van der Waals surface area contributed by atoms with E-state index in [4.69, 9.17) is 19.9 Å². The summed E-state index contributed by atoms with van der Waals surface area (Å²) in [6, 6.07) is 26.5. The SMILES string of the molecule is COc1ccc(C(OCc2ccccc2)(c2ccc(OC)cc2)C2CC(O)CN2CCCCCCN)cc1. The van der Waals surface area contributed by atoms with E-state index in [2.05, 4.69) is 41.3 Å². The zero-order valence-electron chi connectivity index (χ0n) is 22.7. The van der Waals surface area contributed by atoms with Crippen LogP contribution in [0.25, 0.3) is 0 Å². The number of ether oxygens (including phenoxy) is 3. The zero-order valence-corrected chi connectivity index (χ0v) is 22.7. The summed E-state index contributed by atoms with van der Waals surface area (Å²) >= 11 is 0. The molecule has 2 atom stereocenters. The van der Waals surface area contributed by atoms with Crippen LogP contribution in [0, 0.1) is 0 Å². The molecule has 3 aromatic carbocycles. The van der Waals surface area contributed by atoms with Gasteiger partial charge in [-0.2, -0.15) is 0 Å². The van der Waals surface area contributed by atoms with Crippen molar-refractivity contribution >= 4 is 0 Å². The van der Waals surface area contributed by atoms with Crippen LogP contribution in [0.3, 0.4) is 0 Å². The number of benzene rings is 3. The minimum Gasteiger partial charge on any atom is -0.497 e. The van der Waals surface area contributed by atoms with Crippen LogP contribution in [-0.2, 0) is 16.9 Å². The number of unbranched alkanes of at least 4 members (excludes halogenated alkanes) is 3. The van der Waals surface area contributed by atoms with Gasteiger partial charge in [0.15, 0.2) is 0 Å². The van der Waals surface area contributed by atoms with Gasteiger partial charge in [-0.25, -0.2) is 0 Å². The first-order valence-corrected chi connectivity index (χ1v) is 13.7. The Bertz CT molecular complexity index is 1040. The summed E-state index contributed by atoms with van der Waals surface area (Å²) in [5.41, 5.74) is 8.06. The number of hydrogen-bond donors (Lipinski definition) is 2. The van der Waals surface area contributed by atoms with E-state index in [1.165, 1.54) is 0 Å². The molecule has 0 aromatic heterocycles. The molecule has 4 rings (SSSR count). The summed E-state index contributed by atoms with van der Waals surface area (Å²) < 4.78 is 18.1. The Morgan fingerprint density at radius 1 is 0.816 bits per heavy atom. The van der Waals surface area contributed by atoms with Crippen molar-refractivity contribution in [3.05, 3.63) is 95.6 Å². The Kier molecular flexibility index (Phi) is 10.2. The van der Waals surface area contributed by atoms with E-state index in [0.717, 1.165) is 67.0 Å². The lowest BCUT2D eigenvalue weighted by atomic mass is 9.78. The van der Waals surface area contributed by atoms with Gasteiger partial charge in [0, 0.05) is 12.6 Å². The molecule has 1 fully saturated rings. The van der Waals surface area contributed by atoms with Gasteiger partial charge in [0.25, 0.3) is 0 Å². The molecule has 6 heteroatoms. The van der Waals surface area contributed by atoms with Crippen LogP contribution >= 0.6 is 0 Å². The molecule has 2 unspecified atom stereocenters. The van der Waals surface area contributed by atoms with Crippen molar-refractivity contribution in [2.24, 2.45) is 5.73 Å². The van der Waals surface area contributed by atoms with Crippen LogP contribution < -0.4 is 15.2 Å². The summed E-state index contributed by atoms with van der Waals surface area (Å²) in [6.45, 7) is 2.70. The number of rotatable bonds is 14. The first-order valence-electron chi connectivity index (χ1n) is 13.7. The average molecular weight is 519 g/mol. The monoisotopic (exact) mass is 518 g/mol. The second kappa shape index (κ2) is 13.8. The van der Waals surface area contributed by atoms with Crippen molar-refractivity contribution < 1.29 is 19.3 Å². The highest BCUT2D eigenvalue weighted by atomic mass is 16.5. The van der Waals surface area contributed by atoms with Crippen LogP contribution in [0.1, 0.15) is 48.8 Å². The highest BCUT2D eigenvalue weighted by molar-refractivity contribution is 5.43. The molecular formula is C32H42N2O4. The van der Waals surface area contributed by atoms with E-state index in [0.29, 0.717) is 19.6 Å². The normalized spacial score (nSPS) is 18.0. The van der Waals surface area contributed by atoms with Gasteiger partial charge < -0.3 is 25.1 Å². The van der Waals surface area contributed by atoms with E-state index in [1.807, 2.05) is 42.5 Å². The third-order valence-corrected chi connectivity index (χ3v) is 7.60. The number of nitrogens with two attached hydrogens (primary N) is 1. The summed E-state index contributed by atoms with van der Waals surface area (Å²) in [6.07, 6.45) is 4.57. The first-order chi connectivity index (χ1) is 18.6. The smallest absolute Gasteiger partial charge is 0.134 e. The number of hydrogen-bond acceptors (Lipinski definition) is 6. The molecule has 0 amide bonds. The number of aliphatic hydroxyl groups is 1. The molecule has 6 nitrogen and oxygen atoms in total. The Labute approximate surface area is 227 Å². The lowest BCUT2D eigenvalue weighted by Crippen LogP contribution is -2.50. The maximum Gasteiger partial charge on any atom is 0.134 e. The lowest BCUT2D eigenvalue weighted by molar-refractivity contribution is -0.0811. The predicted octanol–water partition coefficient (Wildman–Crippen LogP) is 5.12. The van der Waals surface area contributed by atoms with Crippen molar-refractivity contribution in [2.75, 3.05) is 33.9 Å². The fraction of sp³-hybridized carbons (Fsp3) is 0.438. The van der Waals surface area contributed by atoms with Crippen molar-refractivity contribution in [1.29, 1.82) is 0 Å². The fourth-order valence-electron chi connectivity index (χ4n) is 5.63. The van der Waals surface area contributed by atoms with Crippen molar-refractivity contribution in [3.8, 4) is 11.5 Å². The van der Waals surface area contributed by atoms with E-state index < -0.39 is 11.7 Å². The summed E-state index contributed by atoms with van der Waals surface area (Å²) in [4.78, 5) is 2.42. The van der Waals surface area contributed by atoms with Crippen LogP contribution in [0.2, 0.25) is 0 Å². The summed E-state index contributed by atoms with van der Waals surface area (Å²) in [5, 5.41) is 11.0. The number of methoxy groups -OCH3 is 2. The molecular weight excluding hydrogens is 476 g/mol. The minimum absolute atomic E-state index is 0.0579. The van der Waals surface area contributed by atoms with E-state index >= 15 is 0 Å². The maximum absolute atomic E-state index is 11.0. The maximum atomic E-state index is 11.0. The quantitative estimate of drug-likeness (QED) is 0.289. The highest BCUT2D eigenvalue weighted by Crippen LogP contribution is 2.45. The average Bonchev–Trinajstić information content (AvgIpc) is 3.34. The third kappa shape index (κ3) is 6.56. The van der Waals surface area contributed by atoms with Gasteiger partial charge in [0.1, 0.15) is 17.1 Å². The Hall–Kier alpha value is -2.90. The number of nitrogens with zero attached hydrogens (tertiary/aromatic N) is 1. The van der Waals surface area contributed by atoms with Crippen LogP contribution in [0.5, 0.6) is 11.5 Å². The zero-order chi connectivity index (χ0) is 26.8. The van der Waals surface area contributed by atoms with Gasteiger partial charge in [0.05, 0.1) is 26.9 Å². The molecule has 1 saturated heterocycles. The summed E-state index contributed by atoms with van der Waals surface area (Å²) in [7, 11) is 3.36. The molecule has 1 aliphatic heterocycles. The summed E-state index contributed by atoms with van der Waals surface area (Å²) in [5.74, 6) is 1.59. The number of aliphatic hydroxyl groups excluding tert-OH is 1. The van der Waals surface area contributed by atoms with Gasteiger partial charge in [-0.05, 0) is 73.3 Å². The molecule has 38 heavy (non-hydrogen) atoms. The molecule has 1 heterocycles. The van der Waals surface area contributed by atoms with E-state index in [1.54, 1.807) is 14.2 Å². The Morgan fingerprint density at radius 2 is 1.39 bits per heavy atom. The van der Waals surface area contributed by atoms with Crippen LogP contribution in [0.4, 0.5) is 0 Å². The molecule has 0 spiro atoms. The van der Waals surface area contributed by atoms with Crippen LogP contribution in [-0.4, -0.2) is 56.0 Å². The lowest BCUT2D eigenvalue weighted by Gasteiger charge is -2.44. The number of likely N-dealkylation sites (tertiary alicyclic amines) is 1. The standard InChI is InChI=1S/C32H42N2O4/c1-36-29-16-12-26(13-17-29)32(27-14-18-30(37-2)19-15-27,38-24-25-10-6-5-7-11-25)31-22-28(35)23-34(31)21-9-4-3-8-20-33/h5-7,10-19,28,31,35H,3-4,8-9,20-24,33H2,1-2H3. The van der Waals surface area contributed by atoms with Crippen molar-refractivity contribution in [1.82, 2.24) is 4.90 Å². The molecule has 3 N–H and O–H groups in total. The number of β-amino-alcohol motifs (C(OH)–C–C–N with tert-alkyl or cyclic N) is 1. The van der Waals surface area contributed by atoms with Crippen molar-refractivity contribution in [2.45, 2.75) is 56.5 Å². The second-order valence-electron chi connectivity index (χ2n) is 10.1. The van der Waals surface area contributed by atoms with Gasteiger partial charge in [-0.15, -0.1) is 0 Å². The molecule has 204 valence electrons. The fourth-order valence-corrected chi connectivity index (χ4v) is 5.63. The van der Waals surface area contributed by atoms with Gasteiger partial charge >= 0.3 is 0 Å². The molecule has 0 bridgehead atoms. The molecule has 1 aliphatic rings. The minimum atomic E-state index is -0.816. The Balaban J connectivity index is 1.78. The van der Waals surface area contributed by atoms with E-state index in [-0.39, 0.29) is 6.04 Å². The second-order valence-corrected chi connectivity index (χ2v) is 10.1. The Morgan fingerprint density at radius 3 is 1.95 bits per heavy atom. The van der Waals surface area contributed by atoms with Crippen LogP contribution in [0.15, 0.2) is 78.9 Å². The largest absolute Gasteiger partial charge is 0.497 e. The van der Waals surface area contributed by atoms with Gasteiger partial charge in [-0.1, -0.05) is 67.4 Å². The van der Waals surface area contributed by atoms with Gasteiger partial charge in [0.2, 0.25) is 0 Å². The van der Waals surface area contributed by atoms with Gasteiger partial charge in [-0.3, -0.25) is 4.90 Å². The topological polar surface area (TPSA) is 77.2 Å². The first kappa shape index (κ1) is 28.1. The van der Waals surface area contributed by atoms with E-state index in [9.17, 15) is 5.11 Å². The molecule has 0 radical (unpaired) electrons. The van der Waals surface area contributed by atoms with Crippen molar-refractivity contribution in [3.63, 3.8) is 0 Å². The molecule has 0 aliphatic carbocycles. The molecule has 0 saturated carbocycles. The molecule has 3 aromatic rings.